The Hall–Kier alpha value is -2.67. The fourth-order valence-electron chi connectivity index (χ4n) is 4.30. The SMILES string of the molecule is CCC1(c2cccc(OC(=O)C=CCC(=O)N[C@H](C(=O)O)C(C)C)c2)CCCCN(C)C1. The molecule has 7 nitrogen and oxygen atoms in total. The molecule has 0 aromatic heterocycles. The van der Waals surface area contributed by atoms with Crippen molar-refractivity contribution < 1.29 is 24.2 Å². The topological polar surface area (TPSA) is 95.9 Å². The maximum Gasteiger partial charge on any atom is 0.335 e. The van der Waals surface area contributed by atoms with E-state index in [0.717, 1.165) is 25.9 Å². The van der Waals surface area contributed by atoms with Crippen LogP contribution in [0.25, 0.3) is 0 Å². The van der Waals surface area contributed by atoms with Crippen LogP contribution in [0.3, 0.4) is 0 Å². The minimum absolute atomic E-state index is 0.0404. The highest BCUT2D eigenvalue weighted by atomic mass is 16.5. The molecule has 0 bridgehead atoms. The summed E-state index contributed by atoms with van der Waals surface area (Å²) in [4.78, 5) is 37.7. The quantitative estimate of drug-likeness (QED) is 0.344. The van der Waals surface area contributed by atoms with Gasteiger partial charge in [0.05, 0.1) is 0 Å². The second-order valence-electron chi connectivity index (χ2n) is 9.01. The molecule has 1 unspecified atom stereocenters. The summed E-state index contributed by atoms with van der Waals surface area (Å²) in [5.41, 5.74) is 1.22. The van der Waals surface area contributed by atoms with Gasteiger partial charge in [-0.1, -0.05) is 45.4 Å². The van der Waals surface area contributed by atoms with Gasteiger partial charge < -0.3 is 20.1 Å². The fraction of sp³-hybridized carbons (Fsp3) is 0.560. The number of benzene rings is 1. The number of nitrogens with zero attached hydrogens (tertiary/aromatic N) is 1. The van der Waals surface area contributed by atoms with Gasteiger partial charge >= 0.3 is 11.9 Å². The molecule has 1 fully saturated rings. The van der Waals surface area contributed by atoms with Crippen LogP contribution in [0.5, 0.6) is 5.75 Å². The number of hydrogen-bond acceptors (Lipinski definition) is 5. The minimum atomic E-state index is -1.08. The monoisotopic (exact) mass is 444 g/mol. The first-order valence-corrected chi connectivity index (χ1v) is 11.4. The van der Waals surface area contributed by atoms with E-state index < -0.39 is 23.9 Å². The summed E-state index contributed by atoms with van der Waals surface area (Å²) in [5.74, 6) is -1.87. The highest BCUT2D eigenvalue weighted by molar-refractivity contribution is 5.87. The van der Waals surface area contributed by atoms with E-state index in [9.17, 15) is 14.4 Å². The van der Waals surface area contributed by atoms with E-state index in [0.29, 0.717) is 5.75 Å². The molecule has 1 amide bonds. The molecule has 176 valence electrons. The van der Waals surface area contributed by atoms with Crippen LogP contribution in [0.1, 0.15) is 58.4 Å². The number of rotatable bonds is 9. The number of hydrogen-bond donors (Lipinski definition) is 2. The number of carboxylic acid groups (broad SMARTS) is 1. The van der Waals surface area contributed by atoms with E-state index in [4.69, 9.17) is 9.84 Å². The molecule has 1 aliphatic rings. The van der Waals surface area contributed by atoms with Gasteiger partial charge in [-0.25, -0.2) is 9.59 Å². The Morgan fingerprint density at radius 3 is 2.69 bits per heavy atom. The van der Waals surface area contributed by atoms with Crippen molar-refractivity contribution in [3.8, 4) is 5.75 Å². The van der Waals surface area contributed by atoms with E-state index in [-0.39, 0.29) is 17.8 Å². The Balaban J connectivity index is 1.99. The lowest BCUT2D eigenvalue weighted by Gasteiger charge is -2.35. The summed E-state index contributed by atoms with van der Waals surface area (Å²) in [7, 11) is 2.15. The molecule has 1 saturated heterocycles. The van der Waals surface area contributed by atoms with Crippen molar-refractivity contribution in [2.45, 2.75) is 64.3 Å². The van der Waals surface area contributed by atoms with Crippen molar-refractivity contribution >= 4 is 17.8 Å². The Morgan fingerprint density at radius 1 is 1.28 bits per heavy atom. The molecule has 2 atom stereocenters. The largest absolute Gasteiger partial charge is 0.480 e. The third-order valence-corrected chi connectivity index (χ3v) is 6.17. The van der Waals surface area contributed by atoms with Crippen LogP contribution in [0.4, 0.5) is 0 Å². The predicted molar refractivity (Wildman–Crippen MR) is 124 cm³/mol. The molecule has 0 spiro atoms. The van der Waals surface area contributed by atoms with Gasteiger partial charge in [-0.3, -0.25) is 4.79 Å². The standard InChI is InChI=1S/C25H36N2O5/c1-5-25(14-6-7-15-27(4)17-25)19-10-8-11-20(16-19)32-22(29)13-9-12-21(28)26-23(18(2)3)24(30)31/h8-11,13,16,18,23H,5-7,12,14-15,17H2,1-4H3,(H,26,28)(H,30,31)/t23-,25?/m0/s1. The molecule has 2 N–H and O–H groups in total. The van der Waals surface area contributed by atoms with Crippen LogP contribution in [0.15, 0.2) is 36.4 Å². The van der Waals surface area contributed by atoms with Crippen molar-refractivity contribution in [1.82, 2.24) is 10.2 Å². The van der Waals surface area contributed by atoms with Gasteiger partial charge in [0.25, 0.3) is 0 Å². The van der Waals surface area contributed by atoms with Crippen molar-refractivity contribution in [2.75, 3.05) is 20.1 Å². The molecule has 1 heterocycles. The zero-order valence-electron chi connectivity index (χ0n) is 19.6. The molecular weight excluding hydrogens is 408 g/mol. The first kappa shape index (κ1) is 25.6. The molecular formula is C25H36N2O5. The van der Waals surface area contributed by atoms with E-state index in [1.165, 1.54) is 30.6 Å². The van der Waals surface area contributed by atoms with Gasteiger partial charge in [0.1, 0.15) is 11.8 Å². The zero-order chi connectivity index (χ0) is 23.7. The molecule has 0 radical (unpaired) electrons. The molecule has 7 heteroatoms. The number of esters is 1. The van der Waals surface area contributed by atoms with Crippen LogP contribution in [-0.2, 0) is 19.8 Å². The van der Waals surface area contributed by atoms with Crippen LogP contribution in [-0.4, -0.2) is 54.0 Å². The maximum atomic E-state index is 12.2. The molecule has 1 aromatic rings. The first-order chi connectivity index (χ1) is 15.2. The number of likely N-dealkylation sites (N-methyl/N-ethyl adjacent to an activating group) is 1. The molecule has 32 heavy (non-hydrogen) atoms. The van der Waals surface area contributed by atoms with Crippen LogP contribution in [0.2, 0.25) is 0 Å². The number of likely N-dealkylation sites (tertiary alicyclic amines) is 1. The van der Waals surface area contributed by atoms with Crippen molar-refractivity contribution in [2.24, 2.45) is 5.92 Å². The molecule has 2 rings (SSSR count). The summed E-state index contributed by atoms with van der Waals surface area (Å²) in [6.07, 6.45) is 6.96. The molecule has 0 saturated carbocycles. The Kier molecular flexibility index (Phi) is 9.44. The highest BCUT2D eigenvalue weighted by Gasteiger charge is 2.33. The first-order valence-electron chi connectivity index (χ1n) is 11.4. The smallest absolute Gasteiger partial charge is 0.335 e. The van der Waals surface area contributed by atoms with Crippen molar-refractivity contribution in [3.05, 3.63) is 42.0 Å². The lowest BCUT2D eigenvalue weighted by atomic mass is 9.74. The Morgan fingerprint density at radius 2 is 2.03 bits per heavy atom. The van der Waals surface area contributed by atoms with Crippen molar-refractivity contribution in [1.29, 1.82) is 0 Å². The second-order valence-corrected chi connectivity index (χ2v) is 9.01. The van der Waals surface area contributed by atoms with Gasteiger partial charge in [-0.05, 0) is 56.5 Å². The average molecular weight is 445 g/mol. The fourth-order valence-corrected chi connectivity index (χ4v) is 4.30. The average Bonchev–Trinajstić information content (AvgIpc) is 2.93. The van der Waals surface area contributed by atoms with Crippen LogP contribution < -0.4 is 10.1 Å². The molecule has 0 aliphatic carbocycles. The van der Waals surface area contributed by atoms with Crippen molar-refractivity contribution in [3.63, 3.8) is 0 Å². The molecule has 1 aromatic carbocycles. The lowest BCUT2D eigenvalue weighted by molar-refractivity contribution is -0.143. The van der Waals surface area contributed by atoms with E-state index in [2.05, 4.69) is 30.3 Å². The normalized spacial score (nSPS) is 20.7. The molecule has 1 aliphatic heterocycles. The number of nitrogens with one attached hydrogen (secondary N) is 1. The van der Waals surface area contributed by atoms with Gasteiger partial charge in [0, 0.05) is 24.5 Å². The van der Waals surface area contributed by atoms with E-state index in [1.54, 1.807) is 19.9 Å². The predicted octanol–water partition coefficient (Wildman–Crippen LogP) is 3.53. The number of carbonyl (C=O) groups is 3. The van der Waals surface area contributed by atoms with Gasteiger partial charge in [0.2, 0.25) is 5.91 Å². The highest BCUT2D eigenvalue weighted by Crippen LogP contribution is 2.37. The lowest BCUT2D eigenvalue weighted by Crippen LogP contribution is -2.44. The maximum absolute atomic E-state index is 12.2. The minimum Gasteiger partial charge on any atom is -0.480 e. The van der Waals surface area contributed by atoms with Crippen LogP contribution in [0, 0.1) is 5.92 Å². The number of carboxylic acids is 1. The number of amides is 1. The van der Waals surface area contributed by atoms with Crippen LogP contribution >= 0.6 is 0 Å². The summed E-state index contributed by atoms with van der Waals surface area (Å²) < 4.78 is 5.47. The van der Waals surface area contributed by atoms with E-state index in [1.807, 2.05) is 12.1 Å². The Bertz CT molecular complexity index is 835. The van der Waals surface area contributed by atoms with Gasteiger partial charge in [-0.2, -0.15) is 0 Å². The third-order valence-electron chi connectivity index (χ3n) is 6.17. The van der Waals surface area contributed by atoms with Gasteiger partial charge in [0.15, 0.2) is 0 Å². The second kappa shape index (κ2) is 11.8. The Labute approximate surface area is 190 Å². The number of carbonyl (C=O) groups excluding carboxylic acids is 2. The number of aliphatic carboxylic acids is 1. The number of ether oxygens (including phenoxy) is 1. The van der Waals surface area contributed by atoms with E-state index >= 15 is 0 Å². The summed E-state index contributed by atoms with van der Waals surface area (Å²) in [6.45, 7) is 7.72. The van der Waals surface area contributed by atoms with Gasteiger partial charge in [-0.15, -0.1) is 0 Å². The summed E-state index contributed by atoms with van der Waals surface area (Å²) in [5, 5.41) is 11.6. The summed E-state index contributed by atoms with van der Waals surface area (Å²) in [6, 6.07) is 6.76. The zero-order valence-corrected chi connectivity index (χ0v) is 19.6. The third kappa shape index (κ3) is 7.19. The summed E-state index contributed by atoms with van der Waals surface area (Å²) >= 11 is 0.